The highest BCUT2D eigenvalue weighted by atomic mass is 16.5. The van der Waals surface area contributed by atoms with Gasteiger partial charge in [0.15, 0.2) is 5.78 Å². The summed E-state index contributed by atoms with van der Waals surface area (Å²) in [6.45, 7) is 2.06. The van der Waals surface area contributed by atoms with Gasteiger partial charge in [0.25, 0.3) is 0 Å². The summed E-state index contributed by atoms with van der Waals surface area (Å²) in [5, 5.41) is 0. The van der Waals surface area contributed by atoms with Crippen molar-refractivity contribution >= 4 is 17.4 Å². The maximum atomic E-state index is 12.0. The minimum Gasteiger partial charge on any atom is -0.489 e. The van der Waals surface area contributed by atoms with E-state index in [9.17, 15) is 4.79 Å². The number of allylic oxidation sites excluding steroid dienone is 1. The quantitative estimate of drug-likeness (QED) is 0.610. The van der Waals surface area contributed by atoms with Crippen LogP contribution in [0.15, 0.2) is 79.0 Å². The Morgan fingerprint density at radius 1 is 1.00 bits per heavy atom. The first-order chi connectivity index (χ1) is 12.2. The van der Waals surface area contributed by atoms with Crippen molar-refractivity contribution in [2.24, 2.45) is 0 Å². The monoisotopic (exact) mass is 329 g/mol. The number of pyridine rings is 1. The Labute approximate surface area is 147 Å². The van der Waals surface area contributed by atoms with Crippen LogP contribution in [0.3, 0.4) is 0 Å². The number of ketones is 1. The first-order valence-electron chi connectivity index (χ1n) is 8.13. The highest BCUT2D eigenvalue weighted by Gasteiger charge is 2.08. The third-order valence-corrected chi connectivity index (χ3v) is 3.74. The van der Waals surface area contributed by atoms with E-state index >= 15 is 0 Å². The molecular weight excluding hydrogens is 310 g/mol. The van der Waals surface area contributed by atoms with Crippen molar-refractivity contribution in [1.29, 1.82) is 0 Å². The average Bonchev–Trinajstić information content (AvgIpc) is 2.66. The number of benzene rings is 2. The number of nitrogens with zero attached hydrogens (tertiary/aromatic N) is 1. The molecule has 1 heterocycles. The number of rotatable bonds is 6. The zero-order valence-electron chi connectivity index (χ0n) is 14.1. The van der Waals surface area contributed by atoms with Crippen molar-refractivity contribution in [1.82, 2.24) is 4.98 Å². The van der Waals surface area contributed by atoms with E-state index in [2.05, 4.69) is 4.98 Å². The van der Waals surface area contributed by atoms with Crippen molar-refractivity contribution < 1.29 is 9.53 Å². The molecule has 0 aliphatic heterocycles. The molecule has 124 valence electrons. The molecular formula is C22H19NO2. The normalized spacial score (nSPS) is 11.2. The number of hydrogen-bond donors (Lipinski definition) is 0. The molecule has 0 atom stereocenters. The third-order valence-electron chi connectivity index (χ3n) is 3.74. The Bertz CT molecular complexity index is 871. The zero-order chi connectivity index (χ0) is 17.5. The maximum absolute atomic E-state index is 12.0. The van der Waals surface area contributed by atoms with Crippen LogP contribution in [0.2, 0.25) is 0 Å². The first kappa shape index (κ1) is 16.7. The predicted octanol–water partition coefficient (Wildman–Crippen LogP) is 4.79. The topological polar surface area (TPSA) is 39.2 Å². The third kappa shape index (κ3) is 4.64. The maximum Gasteiger partial charge on any atom is 0.161 e. The first-order valence-corrected chi connectivity index (χ1v) is 8.13. The van der Waals surface area contributed by atoms with Crippen LogP contribution in [-0.4, -0.2) is 10.8 Å². The van der Waals surface area contributed by atoms with Gasteiger partial charge < -0.3 is 4.74 Å². The van der Waals surface area contributed by atoms with Gasteiger partial charge in [-0.05, 0) is 48.4 Å². The standard InChI is InChI=1S/C22H19NO2/c1-17(24)21(22-12-5-6-13-23-22)15-19-10-7-11-20(14-19)25-16-18-8-3-2-4-9-18/h2-15H,16H2,1H3/b21-15-. The number of hydrogen-bond acceptors (Lipinski definition) is 3. The van der Waals surface area contributed by atoms with Gasteiger partial charge in [-0.2, -0.15) is 0 Å². The Morgan fingerprint density at radius 2 is 1.80 bits per heavy atom. The number of carbonyl (C=O) groups excluding carboxylic acids is 1. The predicted molar refractivity (Wildman–Crippen MR) is 100 cm³/mol. The number of carbonyl (C=O) groups is 1. The molecule has 0 fully saturated rings. The lowest BCUT2D eigenvalue weighted by atomic mass is 10.0. The van der Waals surface area contributed by atoms with Crippen molar-refractivity contribution in [3.63, 3.8) is 0 Å². The molecule has 25 heavy (non-hydrogen) atoms. The summed E-state index contributed by atoms with van der Waals surface area (Å²) < 4.78 is 5.85. The molecule has 0 spiro atoms. The lowest BCUT2D eigenvalue weighted by Crippen LogP contribution is -1.98. The molecule has 0 radical (unpaired) electrons. The van der Waals surface area contributed by atoms with Crippen LogP contribution in [0.5, 0.6) is 5.75 Å². The highest BCUT2D eigenvalue weighted by Crippen LogP contribution is 2.21. The summed E-state index contributed by atoms with van der Waals surface area (Å²) in [5.41, 5.74) is 3.27. The van der Waals surface area contributed by atoms with Gasteiger partial charge in [0.2, 0.25) is 0 Å². The Hall–Kier alpha value is -3.20. The van der Waals surface area contributed by atoms with E-state index in [1.54, 1.807) is 13.1 Å². The summed E-state index contributed by atoms with van der Waals surface area (Å²) >= 11 is 0. The van der Waals surface area contributed by atoms with Gasteiger partial charge in [0.05, 0.1) is 5.69 Å². The molecule has 0 amide bonds. The van der Waals surface area contributed by atoms with Crippen LogP contribution in [0.4, 0.5) is 0 Å². The van der Waals surface area contributed by atoms with Crippen molar-refractivity contribution in [3.8, 4) is 5.75 Å². The Morgan fingerprint density at radius 3 is 2.52 bits per heavy atom. The summed E-state index contributed by atoms with van der Waals surface area (Å²) in [6.07, 6.45) is 3.53. The fourth-order valence-electron chi connectivity index (χ4n) is 2.48. The molecule has 0 aliphatic carbocycles. The van der Waals surface area contributed by atoms with Gasteiger partial charge >= 0.3 is 0 Å². The second kappa shape index (κ2) is 8.06. The van der Waals surface area contributed by atoms with Crippen LogP contribution in [0, 0.1) is 0 Å². The summed E-state index contributed by atoms with van der Waals surface area (Å²) in [6, 6.07) is 23.3. The van der Waals surface area contributed by atoms with Gasteiger partial charge in [0.1, 0.15) is 12.4 Å². The number of ether oxygens (including phenoxy) is 1. The van der Waals surface area contributed by atoms with E-state index in [1.807, 2.05) is 78.9 Å². The van der Waals surface area contributed by atoms with E-state index in [1.165, 1.54) is 0 Å². The largest absolute Gasteiger partial charge is 0.489 e. The SMILES string of the molecule is CC(=O)/C(=C/c1cccc(OCc2ccccc2)c1)c1ccccn1. The minimum atomic E-state index is -0.0192. The van der Waals surface area contributed by atoms with Crippen LogP contribution in [0.25, 0.3) is 11.6 Å². The molecule has 2 aromatic carbocycles. The highest BCUT2D eigenvalue weighted by molar-refractivity contribution is 6.23. The fraction of sp³-hybridized carbons (Fsp3) is 0.0909. The van der Waals surface area contributed by atoms with Crippen molar-refractivity contribution in [2.75, 3.05) is 0 Å². The minimum absolute atomic E-state index is 0.0192. The second-order valence-electron chi connectivity index (χ2n) is 5.68. The van der Waals surface area contributed by atoms with Crippen LogP contribution in [0.1, 0.15) is 23.7 Å². The zero-order valence-corrected chi connectivity index (χ0v) is 14.1. The molecule has 0 bridgehead atoms. The van der Waals surface area contributed by atoms with Crippen molar-refractivity contribution in [3.05, 3.63) is 95.8 Å². The number of aromatic nitrogens is 1. The number of Topliss-reactive ketones (excluding diaryl/α,β-unsaturated/α-hetero) is 1. The lowest BCUT2D eigenvalue weighted by Gasteiger charge is -2.08. The molecule has 3 heteroatoms. The Balaban J connectivity index is 1.81. The molecule has 3 aromatic rings. The van der Waals surface area contributed by atoms with Gasteiger partial charge in [-0.3, -0.25) is 9.78 Å². The molecule has 0 N–H and O–H groups in total. The van der Waals surface area contributed by atoms with Gasteiger partial charge in [-0.25, -0.2) is 0 Å². The van der Waals surface area contributed by atoms with E-state index in [0.717, 1.165) is 16.9 Å². The molecule has 0 saturated carbocycles. The van der Waals surface area contributed by atoms with Gasteiger partial charge in [0, 0.05) is 11.8 Å². The smallest absolute Gasteiger partial charge is 0.161 e. The van der Waals surface area contributed by atoms with Crippen LogP contribution in [-0.2, 0) is 11.4 Å². The molecule has 3 rings (SSSR count). The fourth-order valence-corrected chi connectivity index (χ4v) is 2.48. The molecule has 3 nitrogen and oxygen atoms in total. The van der Waals surface area contributed by atoms with E-state index in [-0.39, 0.29) is 5.78 Å². The molecule has 1 aromatic heterocycles. The van der Waals surface area contributed by atoms with Crippen LogP contribution < -0.4 is 4.74 Å². The van der Waals surface area contributed by atoms with E-state index in [0.29, 0.717) is 17.9 Å². The summed E-state index contributed by atoms with van der Waals surface area (Å²) in [4.78, 5) is 16.3. The van der Waals surface area contributed by atoms with E-state index in [4.69, 9.17) is 4.74 Å². The van der Waals surface area contributed by atoms with Crippen LogP contribution >= 0.6 is 0 Å². The molecule has 0 aliphatic rings. The Kier molecular flexibility index (Phi) is 5.37. The summed E-state index contributed by atoms with van der Waals surface area (Å²) in [5.74, 6) is 0.746. The van der Waals surface area contributed by atoms with Crippen molar-refractivity contribution in [2.45, 2.75) is 13.5 Å². The van der Waals surface area contributed by atoms with Gasteiger partial charge in [-0.15, -0.1) is 0 Å². The lowest BCUT2D eigenvalue weighted by molar-refractivity contribution is -0.111. The summed E-state index contributed by atoms with van der Waals surface area (Å²) in [7, 11) is 0. The molecule has 0 unspecified atom stereocenters. The molecule has 0 saturated heterocycles. The average molecular weight is 329 g/mol. The van der Waals surface area contributed by atoms with Gasteiger partial charge in [-0.1, -0.05) is 48.5 Å². The van der Waals surface area contributed by atoms with E-state index < -0.39 is 0 Å². The second-order valence-corrected chi connectivity index (χ2v) is 5.68.